The molecule has 0 spiro atoms. The predicted octanol–water partition coefficient (Wildman–Crippen LogP) is 3.85. The zero-order valence-electron chi connectivity index (χ0n) is 10.2. The smallest absolute Gasteiger partial charge is 0.183 e. The number of nitrogens with zero attached hydrogens (tertiary/aromatic N) is 1. The minimum absolute atomic E-state index is 0.619. The highest BCUT2D eigenvalue weighted by Crippen LogP contribution is 2.31. The Hall–Kier alpha value is -0.220. The van der Waals surface area contributed by atoms with Crippen molar-refractivity contribution >= 4 is 28.2 Å². The molecule has 0 aromatic carbocycles. The molecule has 2 unspecified atom stereocenters. The number of thiazole rings is 1. The van der Waals surface area contributed by atoms with E-state index in [0.717, 1.165) is 10.4 Å². The fraction of sp³-hybridized carbons (Fsp3) is 0.750. The van der Waals surface area contributed by atoms with Gasteiger partial charge < -0.3 is 5.32 Å². The van der Waals surface area contributed by atoms with Gasteiger partial charge in [0.15, 0.2) is 5.13 Å². The summed E-state index contributed by atoms with van der Waals surface area (Å²) in [5.41, 5.74) is 1.17. The molecule has 1 fully saturated rings. The van der Waals surface area contributed by atoms with Crippen LogP contribution < -0.4 is 5.32 Å². The standard InChI is InChI=1S/C12H20N2S2/c1-8-9(2)16-12(13-8)14-10-6-4-5-7-11(10)15-3/h10-11H,4-7H2,1-3H3,(H,13,14). The first-order valence-corrected chi connectivity index (χ1v) is 8.04. The van der Waals surface area contributed by atoms with Crippen LogP contribution in [0.3, 0.4) is 0 Å². The molecule has 1 aromatic rings. The predicted molar refractivity (Wildman–Crippen MR) is 74.8 cm³/mol. The Morgan fingerprint density at radius 1 is 1.31 bits per heavy atom. The Bertz CT molecular complexity index is 329. The van der Waals surface area contributed by atoms with Crippen LogP contribution in [0.4, 0.5) is 5.13 Å². The molecule has 0 aliphatic heterocycles. The molecule has 90 valence electrons. The van der Waals surface area contributed by atoms with Gasteiger partial charge in [-0.25, -0.2) is 4.98 Å². The van der Waals surface area contributed by atoms with Gasteiger partial charge in [0.2, 0.25) is 0 Å². The molecular formula is C12H20N2S2. The van der Waals surface area contributed by atoms with Gasteiger partial charge in [-0.3, -0.25) is 0 Å². The zero-order chi connectivity index (χ0) is 11.5. The molecule has 1 saturated carbocycles. The van der Waals surface area contributed by atoms with Gasteiger partial charge in [-0.15, -0.1) is 11.3 Å². The lowest BCUT2D eigenvalue weighted by atomic mass is 9.95. The van der Waals surface area contributed by atoms with Gasteiger partial charge in [-0.1, -0.05) is 12.8 Å². The van der Waals surface area contributed by atoms with Crippen LogP contribution in [0.15, 0.2) is 0 Å². The molecule has 0 bridgehead atoms. The molecule has 0 radical (unpaired) electrons. The van der Waals surface area contributed by atoms with Crippen molar-refractivity contribution < 1.29 is 0 Å². The van der Waals surface area contributed by atoms with Gasteiger partial charge >= 0.3 is 0 Å². The van der Waals surface area contributed by atoms with Gasteiger partial charge in [-0.05, 0) is 32.9 Å². The summed E-state index contributed by atoms with van der Waals surface area (Å²) < 4.78 is 0. The summed E-state index contributed by atoms with van der Waals surface area (Å²) in [5, 5.41) is 5.50. The van der Waals surface area contributed by atoms with E-state index in [1.165, 1.54) is 36.3 Å². The second-order valence-electron chi connectivity index (χ2n) is 4.47. The summed E-state index contributed by atoms with van der Waals surface area (Å²) in [6.45, 7) is 4.23. The van der Waals surface area contributed by atoms with Gasteiger partial charge in [0.1, 0.15) is 0 Å². The number of anilines is 1. The van der Waals surface area contributed by atoms with E-state index in [1.807, 2.05) is 11.8 Å². The quantitative estimate of drug-likeness (QED) is 0.889. The Kier molecular flexibility index (Phi) is 4.14. The van der Waals surface area contributed by atoms with Crippen LogP contribution in [0, 0.1) is 13.8 Å². The lowest BCUT2D eigenvalue weighted by Crippen LogP contribution is -2.34. The van der Waals surface area contributed by atoms with Crippen molar-refractivity contribution in [2.75, 3.05) is 11.6 Å². The highest BCUT2D eigenvalue weighted by Gasteiger charge is 2.24. The topological polar surface area (TPSA) is 24.9 Å². The van der Waals surface area contributed by atoms with E-state index in [-0.39, 0.29) is 0 Å². The second kappa shape index (κ2) is 5.41. The number of hydrogen-bond donors (Lipinski definition) is 1. The van der Waals surface area contributed by atoms with Crippen molar-refractivity contribution in [3.05, 3.63) is 10.6 Å². The Morgan fingerprint density at radius 2 is 2.06 bits per heavy atom. The second-order valence-corrected chi connectivity index (χ2v) is 6.75. The lowest BCUT2D eigenvalue weighted by Gasteiger charge is -2.30. The maximum absolute atomic E-state index is 4.57. The third kappa shape index (κ3) is 2.72. The van der Waals surface area contributed by atoms with Crippen molar-refractivity contribution in [1.82, 2.24) is 4.98 Å². The maximum Gasteiger partial charge on any atom is 0.183 e. The molecule has 1 aromatic heterocycles. The molecule has 4 heteroatoms. The number of rotatable bonds is 3. The van der Waals surface area contributed by atoms with E-state index >= 15 is 0 Å². The number of aryl methyl sites for hydroxylation is 2. The van der Waals surface area contributed by atoms with Gasteiger partial charge in [0.05, 0.1) is 5.69 Å². The molecule has 2 rings (SSSR count). The Morgan fingerprint density at radius 3 is 2.69 bits per heavy atom. The number of thioether (sulfide) groups is 1. The van der Waals surface area contributed by atoms with E-state index in [0.29, 0.717) is 6.04 Å². The van der Waals surface area contributed by atoms with Crippen LogP contribution in [0.2, 0.25) is 0 Å². The molecule has 1 heterocycles. The lowest BCUT2D eigenvalue weighted by molar-refractivity contribution is 0.475. The highest BCUT2D eigenvalue weighted by molar-refractivity contribution is 7.99. The van der Waals surface area contributed by atoms with E-state index in [9.17, 15) is 0 Å². The fourth-order valence-electron chi connectivity index (χ4n) is 2.24. The molecule has 1 N–H and O–H groups in total. The van der Waals surface area contributed by atoms with E-state index in [1.54, 1.807) is 11.3 Å². The Labute approximate surface area is 106 Å². The summed E-state index contributed by atoms with van der Waals surface area (Å²) in [6.07, 6.45) is 7.62. The average molecular weight is 256 g/mol. The molecule has 1 aliphatic carbocycles. The molecule has 0 amide bonds. The average Bonchev–Trinajstić information content (AvgIpc) is 2.59. The van der Waals surface area contributed by atoms with Crippen molar-refractivity contribution in [3.63, 3.8) is 0 Å². The number of aromatic nitrogens is 1. The normalized spacial score (nSPS) is 25.7. The third-order valence-electron chi connectivity index (χ3n) is 3.34. The third-order valence-corrected chi connectivity index (χ3v) is 5.52. The summed E-state index contributed by atoms with van der Waals surface area (Å²) >= 11 is 3.79. The molecule has 1 aliphatic rings. The molecule has 2 nitrogen and oxygen atoms in total. The van der Waals surface area contributed by atoms with Gasteiger partial charge in [0.25, 0.3) is 0 Å². The first kappa shape index (κ1) is 12.2. The largest absolute Gasteiger partial charge is 0.358 e. The van der Waals surface area contributed by atoms with Crippen LogP contribution in [0.25, 0.3) is 0 Å². The molecular weight excluding hydrogens is 236 g/mol. The molecule has 0 saturated heterocycles. The van der Waals surface area contributed by atoms with Crippen molar-refractivity contribution in [2.24, 2.45) is 0 Å². The number of hydrogen-bond acceptors (Lipinski definition) is 4. The highest BCUT2D eigenvalue weighted by atomic mass is 32.2. The van der Waals surface area contributed by atoms with Crippen molar-refractivity contribution in [1.29, 1.82) is 0 Å². The summed E-state index contributed by atoms with van der Waals surface area (Å²) in [5.74, 6) is 0. The zero-order valence-corrected chi connectivity index (χ0v) is 11.9. The van der Waals surface area contributed by atoms with E-state index < -0.39 is 0 Å². The SMILES string of the molecule is CSC1CCCCC1Nc1nc(C)c(C)s1. The van der Waals surface area contributed by atoms with E-state index in [2.05, 4.69) is 30.4 Å². The minimum atomic E-state index is 0.619. The van der Waals surface area contributed by atoms with Gasteiger partial charge in [0, 0.05) is 16.2 Å². The van der Waals surface area contributed by atoms with Crippen molar-refractivity contribution in [3.8, 4) is 0 Å². The Balaban J connectivity index is 2.02. The molecule has 16 heavy (non-hydrogen) atoms. The monoisotopic (exact) mass is 256 g/mol. The van der Waals surface area contributed by atoms with Crippen LogP contribution in [-0.2, 0) is 0 Å². The summed E-state index contributed by atoms with van der Waals surface area (Å²) in [4.78, 5) is 5.90. The van der Waals surface area contributed by atoms with Crippen LogP contribution in [-0.4, -0.2) is 22.5 Å². The molecule has 2 atom stereocenters. The number of nitrogens with one attached hydrogen (secondary N) is 1. The van der Waals surface area contributed by atoms with Crippen molar-refractivity contribution in [2.45, 2.75) is 50.8 Å². The summed E-state index contributed by atoms with van der Waals surface area (Å²) in [6, 6.07) is 0.619. The van der Waals surface area contributed by atoms with E-state index in [4.69, 9.17) is 0 Å². The first-order valence-electron chi connectivity index (χ1n) is 5.94. The summed E-state index contributed by atoms with van der Waals surface area (Å²) in [7, 11) is 0. The van der Waals surface area contributed by atoms with Crippen LogP contribution in [0.1, 0.15) is 36.3 Å². The van der Waals surface area contributed by atoms with Gasteiger partial charge in [-0.2, -0.15) is 11.8 Å². The van der Waals surface area contributed by atoms with Crippen LogP contribution >= 0.6 is 23.1 Å². The maximum atomic E-state index is 4.57. The first-order chi connectivity index (χ1) is 7.70. The minimum Gasteiger partial charge on any atom is -0.358 e. The fourth-order valence-corrected chi connectivity index (χ4v) is 4.05. The van der Waals surface area contributed by atoms with Crippen LogP contribution in [0.5, 0.6) is 0 Å².